The SMILES string of the molecule is O=C1C2CCCCCN2C(=O)N1c1ccccc1Cl. The number of anilines is 1. The van der Waals surface area contributed by atoms with E-state index in [1.165, 1.54) is 4.90 Å². The Morgan fingerprint density at radius 2 is 1.89 bits per heavy atom. The van der Waals surface area contributed by atoms with Crippen LogP contribution >= 0.6 is 11.6 Å². The molecule has 0 aliphatic carbocycles. The van der Waals surface area contributed by atoms with E-state index in [0.29, 0.717) is 17.3 Å². The normalized spacial score (nSPS) is 23.5. The molecule has 1 aromatic rings. The Labute approximate surface area is 116 Å². The van der Waals surface area contributed by atoms with E-state index >= 15 is 0 Å². The fourth-order valence-electron chi connectivity index (χ4n) is 2.82. The van der Waals surface area contributed by atoms with Crippen molar-refractivity contribution in [2.75, 3.05) is 11.4 Å². The highest BCUT2D eigenvalue weighted by Crippen LogP contribution is 2.33. The lowest BCUT2D eigenvalue weighted by molar-refractivity contribution is -0.119. The fourth-order valence-corrected chi connectivity index (χ4v) is 3.04. The Kier molecular flexibility index (Phi) is 3.19. The number of carbonyl (C=O) groups is 2. The molecular weight excluding hydrogens is 264 g/mol. The van der Waals surface area contributed by atoms with E-state index in [0.717, 1.165) is 25.7 Å². The van der Waals surface area contributed by atoms with Crippen LogP contribution in [0.25, 0.3) is 0 Å². The van der Waals surface area contributed by atoms with Gasteiger partial charge in [0.05, 0.1) is 10.7 Å². The van der Waals surface area contributed by atoms with Gasteiger partial charge in [-0.3, -0.25) is 4.79 Å². The maximum atomic E-state index is 12.5. The van der Waals surface area contributed by atoms with Gasteiger partial charge >= 0.3 is 6.03 Å². The topological polar surface area (TPSA) is 40.6 Å². The third kappa shape index (κ3) is 2.00. The highest BCUT2D eigenvalue weighted by molar-refractivity contribution is 6.35. The van der Waals surface area contributed by atoms with E-state index in [1.54, 1.807) is 29.2 Å². The highest BCUT2D eigenvalue weighted by atomic mass is 35.5. The number of hydrogen-bond acceptors (Lipinski definition) is 2. The van der Waals surface area contributed by atoms with Crippen molar-refractivity contribution < 1.29 is 9.59 Å². The summed E-state index contributed by atoms with van der Waals surface area (Å²) >= 11 is 6.10. The van der Waals surface area contributed by atoms with Crippen molar-refractivity contribution >= 4 is 29.2 Å². The standard InChI is InChI=1S/C14H15ClN2O2/c15-10-6-3-4-7-11(10)17-13(18)12-8-2-1-5-9-16(12)14(17)19/h3-4,6-7,12H,1-2,5,8-9H2. The second kappa shape index (κ2) is 4.85. The molecule has 1 aromatic carbocycles. The number of imide groups is 1. The van der Waals surface area contributed by atoms with E-state index in [9.17, 15) is 9.59 Å². The molecule has 5 heteroatoms. The van der Waals surface area contributed by atoms with Gasteiger partial charge in [-0.25, -0.2) is 9.69 Å². The van der Waals surface area contributed by atoms with Crippen LogP contribution in [0.15, 0.2) is 24.3 Å². The van der Waals surface area contributed by atoms with Crippen LogP contribution in [0.1, 0.15) is 25.7 Å². The number of benzene rings is 1. The molecule has 2 heterocycles. The summed E-state index contributed by atoms with van der Waals surface area (Å²) in [5, 5.41) is 0.432. The van der Waals surface area contributed by atoms with E-state index in [1.807, 2.05) is 0 Å². The van der Waals surface area contributed by atoms with Gasteiger partial charge in [-0.15, -0.1) is 0 Å². The number of amides is 3. The van der Waals surface area contributed by atoms with E-state index in [4.69, 9.17) is 11.6 Å². The molecule has 0 aromatic heterocycles. The van der Waals surface area contributed by atoms with Crippen molar-refractivity contribution in [2.45, 2.75) is 31.7 Å². The molecule has 3 amide bonds. The van der Waals surface area contributed by atoms with Crippen LogP contribution in [0, 0.1) is 0 Å². The monoisotopic (exact) mass is 278 g/mol. The number of carbonyl (C=O) groups excluding carboxylic acids is 2. The predicted octanol–water partition coefficient (Wildman–Crippen LogP) is 3.05. The Hall–Kier alpha value is -1.55. The van der Waals surface area contributed by atoms with Crippen LogP contribution in [-0.2, 0) is 4.79 Å². The molecule has 2 aliphatic rings. The van der Waals surface area contributed by atoms with Gasteiger partial charge in [0.1, 0.15) is 6.04 Å². The Bertz CT molecular complexity index is 508. The average Bonchev–Trinajstić information content (AvgIpc) is 2.61. The van der Waals surface area contributed by atoms with Crippen molar-refractivity contribution in [3.05, 3.63) is 29.3 Å². The van der Waals surface area contributed by atoms with Gasteiger partial charge in [0.2, 0.25) is 0 Å². The Morgan fingerprint density at radius 3 is 2.68 bits per heavy atom. The van der Waals surface area contributed by atoms with Crippen LogP contribution in [-0.4, -0.2) is 29.4 Å². The first-order valence-corrected chi connectivity index (χ1v) is 6.97. The molecular formula is C14H15ClN2O2. The zero-order valence-electron chi connectivity index (χ0n) is 10.5. The molecule has 0 N–H and O–H groups in total. The average molecular weight is 279 g/mol. The number of hydrogen-bond donors (Lipinski definition) is 0. The molecule has 4 nitrogen and oxygen atoms in total. The summed E-state index contributed by atoms with van der Waals surface area (Å²) in [6.07, 6.45) is 3.80. The minimum absolute atomic E-state index is 0.139. The quantitative estimate of drug-likeness (QED) is 0.741. The largest absolute Gasteiger partial charge is 0.332 e. The molecule has 2 fully saturated rings. The van der Waals surface area contributed by atoms with Gasteiger partial charge in [-0.05, 0) is 25.0 Å². The second-order valence-corrected chi connectivity index (χ2v) is 5.37. The lowest BCUT2D eigenvalue weighted by Crippen LogP contribution is -2.34. The summed E-state index contributed by atoms with van der Waals surface area (Å²) in [6, 6.07) is 6.45. The van der Waals surface area contributed by atoms with Crippen molar-refractivity contribution in [2.24, 2.45) is 0 Å². The van der Waals surface area contributed by atoms with Gasteiger partial charge < -0.3 is 4.90 Å². The molecule has 0 spiro atoms. The summed E-state index contributed by atoms with van der Waals surface area (Å²) < 4.78 is 0. The summed E-state index contributed by atoms with van der Waals surface area (Å²) in [5.41, 5.74) is 0.493. The van der Waals surface area contributed by atoms with Crippen LogP contribution in [0.4, 0.5) is 10.5 Å². The van der Waals surface area contributed by atoms with Crippen molar-refractivity contribution in [1.82, 2.24) is 4.90 Å². The number of rotatable bonds is 1. The molecule has 2 saturated heterocycles. The van der Waals surface area contributed by atoms with E-state index < -0.39 is 0 Å². The molecule has 0 radical (unpaired) electrons. The van der Waals surface area contributed by atoms with Crippen molar-refractivity contribution in [1.29, 1.82) is 0 Å². The summed E-state index contributed by atoms with van der Waals surface area (Å²) in [7, 11) is 0. The number of urea groups is 1. The smallest absolute Gasteiger partial charge is 0.312 e. The number of para-hydroxylation sites is 1. The summed E-state index contributed by atoms with van der Waals surface area (Å²) in [6.45, 7) is 0.663. The summed E-state index contributed by atoms with van der Waals surface area (Å²) in [5.74, 6) is -0.139. The Balaban J connectivity index is 1.98. The second-order valence-electron chi connectivity index (χ2n) is 4.97. The minimum atomic E-state index is -0.300. The van der Waals surface area contributed by atoms with Gasteiger partial charge in [-0.2, -0.15) is 0 Å². The van der Waals surface area contributed by atoms with Crippen molar-refractivity contribution in [3.8, 4) is 0 Å². The number of nitrogens with zero attached hydrogens (tertiary/aromatic N) is 2. The number of fused-ring (bicyclic) bond motifs is 1. The first kappa shape index (κ1) is 12.5. The van der Waals surface area contributed by atoms with Crippen molar-refractivity contribution in [3.63, 3.8) is 0 Å². The van der Waals surface area contributed by atoms with E-state index in [-0.39, 0.29) is 18.0 Å². The lowest BCUT2D eigenvalue weighted by atomic mass is 10.1. The molecule has 19 heavy (non-hydrogen) atoms. The van der Waals surface area contributed by atoms with Crippen LogP contribution in [0.2, 0.25) is 5.02 Å². The zero-order chi connectivity index (χ0) is 13.4. The van der Waals surface area contributed by atoms with Crippen LogP contribution in [0.5, 0.6) is 0 Å². The molecule has 0 bridgehead atoms. The summed E-state index contributed by atoms with van der Waals surface area (Å²) in [4.78, 5) is 27.8. The highest BCUT2D eigenvalue weighted by Gasteiger charge is 2.46. The van der Waals surface area contributed by atoms with Gasteiger partial charge in [0, 0.05) is 6.54 Å². The molecule has 0 saturated carbocycles. The van der Waals surface area contributed by atoms with Gasteiger partial charge in [0.25, 0.3) is 5.91 Å². The minimum Gasteiger partial charge on any atom is -0.312 e. The fraction of sp³-hybridized carbons (Fsp3) is 0.429. The van der Waals surface area contributed by atoms with Gasteiger partial charge in [-0.1, -0.05) is 36.6 Å². The Morgan fingerprint density at radius 1 is 1.11 bits per heavy atom. The molecule has 2 aliphatic heterocycles. The van der Waals surface area contributed by atoms with Crippen LogP contribution in [0.3, 0.4) is 0 Å². The first-order chi connectivity index (χ1) is 9.20. The third-order valence-corrected chi connectivity index (χ3v) is 4.11. The molecule has 3 rings (SSSR count). The molecule has 100 valence electrons. The lowest BCUT2D eigenvalue weighted by Gasteiger charge is -2.18. The van der Waals surface area contributed by atoms with Crippen LogP contribution < -0.4 is 4.90 Å². The third-order valence-electron chi connectivity index (χ3n) is 3.79. The maximum absolute atomic E-state index is 12.5. The predicted molar refractivity (Wildman–Crippen MR) is 73.3 cm³/mol. The molecule has 1 atom stereocenters. The number of halogens is 1. The maximum Gasteiger partial charge on any atom is 0.332 e. The molecule has 1 unspecified atom stereocenters. The van der Waals surface area contributed by atoms with Gasteiger partial charge in [0.15, 0.2) is 0 Å². The van der Waals surface area contributed by atoms with E-state index in [2.05, 4.69) is 0 Å². The zero-order valence-corrected chi connectivity index (χ0v) is 11.3. The first-order valence-electron chi connectivity index (χ1n) is 6.59.